The van der Waals surface area contributed by atoms with Crippen LogP contribution in [0.15, 0.2) is 42.5 Å². The van der Waals surface area contributed by atoms with Crippen LogP contribution in [0, 0.1) is 0 Å². The van der Waals surface area contributed by atoms with Crippen LogP contribution in [0.4, 0.5) is 4.79 Å². The molecule has 2 atom stereocenters. The molecule has 2 aromatic carbocycles. The zero-order valence-electron chi connectivity index (χ0n) is 20.1. The molecule has 0 saturated heterocycles. The topological polar surface area (TPSA) is 137 Å². The van der Waals surface area contributed by atoms with E-state index in [0.29, 0.717) is 6.54 Å². The molecule has 2 rings (SSSR count). The maximum atomic E-state index is 12.4. The summed E-state index contributed by atoms with van der Waals surface area (Å²) in [6.07, 6.45) is -1.64. The molecule has 0 radical (unpaired) electrons. The zero-order valence-corrected chi connectivity index (χ0v) is 20.1. The minimum Gasteiger partial charge on any atom is -0.465 e. The quantitative estimate of drug-likeness (QED) is 0.364. The predicted octanol–water partition coefficient (Wildman–Crippen LogP) is 2.68. The molecule has 0 fully saturated rings. The smallest absolute Gasteiger partial charge is 0.404 e. The fourth-order valence-electron chi connectivity index (χ4n) is 3.64. The molecule has 9 nitrogen and oxygen atoms in total. The Labute approximate surface area is 199 Å². The molecule has 0 spiro atoms. The van der Waals surface area contributed by atoms with Crippen LogP contribution in [-0.4, -0.2) is 46.5 Å². The molecule has 0 aliphatic rings. The van der Waals surface area contributed by atoms with Crippen molar-refractivity contribution in [1.82, 2.24) is 21.3 Å². The highest BCUT2D eigenvalue weighted by Gasteiger charge is 2.23. The number of hydrogen-bond donors (Lipinski definition) is 5. The standard InChI is InChI=1S/C25H34N4O5/c1-16(12-21(30)26-15-18-10-7-9-17-8-5-6-11-20(17)18)27-22(31)13-19(28-24(33)34)14-23(32)29-25(2,3)4/h5-11,16,19,28H,12-15H2,1-4H3,(H,26,30)(H,27,31)(H,29,32)(H,33,34). The molecule has 2 aromatic rings. The lowest BCUT2D eigenvalue weighted by molar-refractivity contribution is -0.124. The molecule has 0 saturated carbocycles. The van der Waals surface area contributed by atoms with E-state index >= 15 is 0 Å². The van der Waals surface area contributed by atoms with Gasteiger partial charge in [0.1, 0.15) is 0 Å². The van der Waals surface area contributed by atoms with Crippen molar-refractivity contribution in [2.75, 3.05) is 0 Å². The molecule has 184 valence electrons. The third-order valence-electron chi connectivity index (χ3n) is 4.96. The molecule has 0 heterocycles. The Morgan fingerprint density at radius 1 is 0.853 bits per heavy atom. The molecule has 9 heteroatoms. The van der Waals surface area contributed by atoms with Crippen molar-refractivity contribution < 1.29 is 24.3 Å². The first-order valence-corrected chi connectivity index (χ1v) is 11.3. The van der Waals surface area contributed by atoms with Crippen LogP contribution < -0.4 is 21.3 Å². The Morgan fingerprint density at radius 3 is 2.18 bits per heavy atom. The van der Waals surface area contributed by atoms with Crippen LogP contribution in [0.2, 0.25) is 0 Å². The van der Waals surface area contributed by atoms with Crippen LogP contribution in [0.3, 0.4) is 0 Å². The summed E-state index contributed by atoms with van der Waals surface area (Å²) in [6, 6.07) is 12.5. The van der Waals surface area contributed by atoms with E-state index in [1.165, 1.54) is 0 Å². The first-order chi connectivity index (χ1) is 15.9. The predicted molar refractivity (Wildman–Crippen MR) is 130 cm³/mol. The fourth-order valence-corrected chi connectivity index (χ4v) is 3.64. The minimum atomic E-state index is -1.32. The molecule has 0 aromatic heterocycles. The van der Waals surface area contributed by atoms with Gasteiger partial charge in [0.25, 0.3) is 0 Å². The van der Waals surface area contributed by atoms with Crippen molar-refractivity contribution in [2.45, 2.75) is 71.1 Å². The van der Waals surface area contributed by atoms with E-state index in [4.69, 9.17) is 5.11 Å². The molecule has 4 amide bonds. The van der Waals surface area contributed by atoms with E-state index in [2.05, 4.69) is 21.3 Å². The highest BCUT2D eigenvalue weighted by Crippen LogP contribution is 2.18. The summed E-state index contributed by atoms with van der Waals surface area (Å²) in [4.78, 5) is 48.0. The number of amides is 4. The van der Waals surface area contributed by atoms with Crippen LogP contribution in [0.25, 0.3) is 10.8 Å². The molecule has 34 heavy (non-hydrogen) atoms. The summed E-state index contributed by atoms with van der Waals surface area (Å²) in [5.74, 6) is -1.03. The van der Waals surface area contributed by atoms with Gasteiger partial charge in [-0.1, -0.05) is 42.5 Å². The number of carbonyl (C=O) groups excluding carboxylic acids is 3. The van der Waals surface area contributed by atoms with Gasteiger partial charge >= 0.3 is 6.09 Å². The Kier molecular flexibility index (Phi) is 9.41. The van der Waals surface area contributed by atoms with Gasteiger partial charge < -0.3 is 26.4 Å². The molecule has 0 bridgehead atoms. The Morgan fingerprint density at radius 2 is 1.50 bits per heavy atom. The lowest BCUT2D eigenvalue weighted by Gasteiger charge is -2.23. The maximum absolute atomic E-state index is 12.4. The second kappa shape index (κ2) is 12.0. The van der Waals surface area contributed by atoms with Crippen molar-refractivity contribution in [3.05, 3.63) is 48.0 Å². The van der Waals surface area contributed by atoms with Crippen molar-refractivity contribution in [1.29, 1.82) is 0 Å². The molecule has 5 N–H and O–H groups in total. The van der Waals surface area contributed by atoms with Crippen molar-refractivity contribution >= 4 is 34.6 Å². The average Bonchev–Trinajstić information content (AvgIpc) is 2.69. The SMILES string of the molecule is CC(CC(=O)NCc1cccc2ccccc12)NC(=O)CC(CC(=O)NC(C)(C)C)NC(=O)O. The average molecular weight is 471 g/mol. The van der Waals surface area contributed by atoms with Gasteiger partial charge in [-0.2, -0.15) is 0 Å². The van der Waals surface area contributed by atoms with Gasteiger partial charge in [0.15, 0.2) is 0 Å². The normalized spacial score (nSPS) is 12.9. The summed E-state index contributed by atoms with van der Waals surface area (Å²) in [5, 5.41) is 21.7. The lowest BCUT2D eigenvalue weighted by Crippen LogP contribution is -2.46. The second-order valence-electron chi connectivity index (χ2n) is 9.44. The van der Waals surface area contributed by atoms with E-state index < -0.39 is 29.6 Å². The summed E-state index contributed by atoms with van der Waals surface area (Å²) < 4.78 is 0. The molecular formula is C25H34N4O5. The largest absolute Gasteiger partial charge is 0.465 e. The van der Waals surface area contributed by atoms with E-state index in [9.17, 15) is 19.2 Å². The molecule has 0 aliphatic carbocycles. The number of carbonyl (C=O) groups is 4. The van der Waals surface area contributed by atoms with E-state index in [1.807, 2.05) is 63.2 Å². The summed E-state index contributed by atoms with van der Waals surface area (Å²) in [5.41, 5.74) is 0.528. The fraction of sp³-hybridized carbons (Fsp3) is 0.440. The van der Waals surface area contributed by atoms with Crippen LogP contribution >= 0.6 is 0 Å². The number of fused-ring (bicyclic) bond motifs is 1. The Hall–Kier alpha value is -3.62. The third kappa shape index (κ3) is 9.48. The van der Waals surface area contributed by atoms with Gasteiger partial charge in [-0.15, -0.1) is 0 Å². The van der Waals surface area contributed by atoms with Gasteiger partial charge in [-0.05, 0) is 44.0 Å². The minimum absolute atomic E-state index is 0.0675. The first-order valence-electron chi connectivity index (χ1n) is 11.3. The Balaban J connectivity index is 1.84. The zero-order chi connectivity index (χ0) is 25.3. The van der Waals surface area contributed by atoms with Crippen LogP contribution in [-0.2, 0) is 20.9 Å². The number of nitrogens with one attached hydrogen (secondary N) is 4. The van der Waals surface area contributed by atoms with E-state index in [-0.39, 0.29) is 31.1 Å². The van der Waals surface area contributed by atoms with E-state index in [0.717, 1.165) is 16.3 Å². The Bertz CT molecular complexity index is 1030. The van der Waals surface area contributed by atoms with Crippen molar-refractivity contribution in [3.63, 3.8) is 0 Å². The molecule has 2 unspecified atom stereocenters. The first kappa shape index (κ1) is 26.6. The molecule has 0 aliphatic heterocycles. The van der Waals surface area contributed by atoms with Crippen molar-refractivity contribution in [3.8, 4) is 0 Å². The maximum Gasteiger partial charge on any atom is 0.404 e. The molecular weight excluding hydrogens is 436 g/mol. The van der Waals surface area contributed by atoms with E-state index in [1.54, 1.807) is 6.92 Å². The highest BCUT2D eigenvalue weighted by molar-refractivity contribution is 5.86. The summed E-state index contributed by atoms with van der Waals surface area (Å²) >= 11 is 0. The van der Waals surface area contributed by atoms with Gasteiger partial charge in [0.05, 0.1) is 0 Å². The van der Waals surface area contributed by atoms with Crippen molar-refractivity contribution in [2.24, 2.45) is 0 Å². The summed E-state index contributed by atoms with van der Waals surface area (Å²) in [7, 11) is 0. The number of rotatable bonds is 10. The summed E-state index contributed by atoms with van der Waals surface area (Å²) in [6.45, 7) is 7.49. The monoisotopic (exact) mass is 470 g/mol. The van der Waals surface area contributed by atoms with Crippen LogP contribution in [0.1, 0.15) is 52.5 Å². The van der Waals surface area contributed by atoms with Crippen LogP contribution in [0.5, 0.6) is 0 Å². The lowest BCUT2D eigenvalue weighted by atomic mass is 10.0. The second-order valence-corrected chi connectivity index (χ2v) is 9.44. The third-order valence-corrected chi connectivity index (χ3v) is 4.96. The van der Waals surface area contributed by atoms with Gasteiger partial charge in [0, 0.05) is 43.4 Å². The van der Waals surface area contributed by atoms with Gasteiger partial charge in [-0.25, -0.2) is 4.79 Å². The number of benzene rings is 2. The van der Waals surface area contributed by atoms with Gasteiger partial charge in [-0.3, -0.25) is 14.4 Å². The van der Waals surface area contributed by atoms with Gasteiger partial charge in [0.2, 0.25) is 17.7 Å². The number of hydrogen-bond acceptors (Lipinski definition) is 4. The number of carboxylic acid groups (broad SMARTS) is 1. The highest BCUT2D eigenvalue weighted by atomic mass is 16.4.